The molecule has 4 rings (SSSR count). The van der Waals surface area contributed by atoms with E-state index in [0.29, 0.717) is 6.79 Å². The van der Waals surface area contributed by atoms with E-state index >= 15 is 0 Å². The molecule has 2 aromatic rings. The first-order valence-electron chi connectivity index (χ1n) is 10.00. The highest BCUT2D eigenvalue weighted by atomic mass is 16.7. The van der Waals surface area contributed by atoms with Crippen molar-refractivity contribution in [2.24, 2.45) is 4.99 Å². The zero-order chi connectivity index (χ0) is 20.1. The fourth-order valence-electron chi connectivity index (χ4n) is 3.73. The highest BCUT2D eigenvalue weighted by Gasteiger charge is 2.20. The lowest BCUT2D eigenvalue weighted by molar-refractivity contribution is 0.174. The van der Waals surface area contributed by atoms with Crippen molar-refractivity contribution in [1.82, 2.24) is 10.2 Å². The van der Waals surface area contributed by atoms with Gasteiger partial charge in [0.1, 0.15) is 5.75 Å². The van der Waals surface area contributed by atoms with E-state index in [1.807, 2.05) is 25.2 Å². The topological polar surface area (TPSA) is 58.6 Å². The third kappa shape index (κ3) is 4.50. The Morgan fingerprint density at radius 1 is 1.07 bits per heavy atom. The van der Waals surface area contributed by atoms with Gasteiger partial charge in [-0.3, -0.25) is 4.99 Å². The van der Waals surface area contributed by atoms with Crippen molar-refractivity contribution in [3.8, 4) is 17.2 Å². The Morgan fingerprint density at radius 3 is 2.69 bits per heavy atom. The number of benzene rings is 2. The Balaban J connectivity index is 1.27. The minimum atomic E-state index is 0.311. The molecule has 2 heterocycles. The van der Waals surface area contributed by atoms with Gasteiger partial charge in [0.25, 0.3) is 0 Å². The van der Waals surface area contributed by atoms with Crippen LogP contribution in [0.25, 0.3) is 0 Å². The predicted molar refractivity (Wildman–Crippen MR) is 114 cm³/mol. The molecule has 0 bridgehead atoms. The summed E-state index contributed by atoms with van der Waals surface area (Å²) >= 11 is 0. The Hall–Kier alpha value is -3.09. The number of ether oxygens (including phenoxy) is 3. The van der Waals surface area contributed by atoms with Crippen LogP contribution in [0.15, 0.2) is 47.5 Å². The number of anilines is 1. The SMILES string of the molecule is CN=C(NCCc1ccc2c(c1)OCO2)N1CCN(c2cccc(OC)c2)CC1. The van der Waals surface area contributed by atoms with E-state index in [1.165, 1.54) is 11.3 Å². The second-order valence-electron chi connectivity index (χ2n) is 7.09. The van der Waals surface area contributed by atoms with Gasteiger partial charge in [0, 0.05) is 51.5 Å². The molecule has 154 valence electrons. The van der Waals surface area contributed by atoms with Gasteiger partial charge in [0.2, 0.25) is 6.79 Å². The highest BCUT2D eigenvalue weighted by Crippen LogP contribution is 2.32. The lowest BCUT2D eigenvalue weighted by Gasteiger charge is -2.37. The third-order valence-corrected chi connectivity index (χ3v) is 5.34. The summed E-state index contributed by atoms with van der Waals surface area (Å²) in [4.78, 5) is 9.18. The molecule has 0 aliphatic carbocycles. The fraction of sp³-hybridized carbons (Fsp3) is 0.409. The summed E-state index contributed by atoms with van der Waals surface area (Å²) in [5.41, 5.74) is 2.43. The van der Waals surface area contributed by atoms with Gasteiger partial charge >= 0.3 is 0 Å². The normalized spacial score (nSPS) is 16.1. The summed E-state index contributed by atoms with van der Waals surface area (Å²) in [5.74, 6) is 3.51. The first-order valence-corrected chi connectivity index (χ1v) is 10.00. The summed E-state index contributed by atoms with van der Waals surface area (Å²) in [6, 6.07) is 14.4. The van der Waals surface area contributed by atoms with Crippen LogP contribution in [0.3, 0.4) is 0 Å². The number of nitrogens with zero attached hydrogens (tertiary/aromatic N) is 3. The van der Waals surface area contributed by atoms with Crippen LogP contribution in [-0.2, 0) is 6.42 Å². The molecular weight excluding hydrogens is 368 g/mol. The zero-order valence-electron chi connectivity index (χ0n) is 17.1. The van der Waals surface area contributed by atoms with Gasteiger partial charge < -0.3 is 29.3 Å². The van der Waals surface area contributed by atoms with Crippen molar-refractivity contribution in [1.29, 1.82) is 0 Å². The molecule has 0 amide bonds. The molecule has 0 atom stereocenters. The van der Waals surface area contributed by atoms with Crippen molar-refractivity contribution >= 4 is 11.6 Å². The van der Waals surface area contributed by atoms with Crippen LogP contribution >= 0.6 is 0 Å². The van der Waals surface area contributed by atoms with E-state index in [0.717, 1.165) is 62.4 Å². The van der Waals surface area contributed by atoms with Gasteiger partial charge in [0.15, 0.2) is 17.5 Å². The summed E-state index contributed by atoms with van der Waals surface area (Å²) in [6.45, 7) is 4.90. The molecule has 1 N–H and O–H groups in total. The zero-order valence-corrected chi connectivity index (χ0v) is 17.1. The van der Waals surface area contributed by atoms with E-state index in [9.17, 15) is 0 Å². The van der Waals surface area contributed by atoms with Crippen LogP contribution < -0.4 is 24.4 Å². The minimum Gasteiger partial charge on any atom is -0.497 e. The van der Waals surface area contributed by atoms with Crippen molar-refractivity contribution < 1.29 is 14.2 Å². The first kappa shape index (κ1) is 19.2. The lowest BCUT2D eigenvalue weighted by Crippen LogP contribution is -2.52. The second-order valence-corrected chi connectivity index (χ2v) is 7.09. The van der Waals surface area contributed by atoms with E-state index in [2.05, 4.69) is 44.4 Å². The average Bonchev–Trinajstić information content (AvgIpc) is 3.25. The highest BCUT2D eigenvalue weighted by molar-refractivity contribution is 5.80. The largest absolute Gasteiger partial charge is 0.497 e. The van der Waals surface area contributed by atoms with E-state index in [4.69, 9.17) is 14.2 Å². The maximum Gasteiger partial charge on any atom is 0.231 e. The first-order chi connectivity index (χ1) is 14.3. The molecule has 1 fully saturated rings. The predicted octanol–water partition coefficient (Wildman–Crippen LogP) is 2.36. The average molecular weight is 396 g/mol. The summed E-state index contributed by atoms with van der Waals surface area (Å²) in [6.07, 6.45) is 0.902. The maximum atomic E-state index is 5.46. The number of hydrogen-bond donors (Lipinski definition) is 1. The number of aliphatic imine (C=N–C) groups is 1. The Morgan fingerprint density at radius 2 is 1.90 bits per heavy atom. The molecular formula is C22H28N4O3. The lowest BCUT2D eigenvalue weighted by atomic mass is 10.1. The Kier molecular flexibility index (Phi) is 5.93. The van der Waals surface area contributed by atoms with Crippen molar-refractivity contribution in [3.05, 3.63) is 48.0 Å². The quantitative estimate of drug-likeness (QED) is 0.619. The third-order valence-electron chi connectivity index (χ3n) is 5.34. The van der Waals surface area contributed by atoms with E-state index in [1.54, 1.807) is 7.11 Å². The minimum absolute atomic E-state index is 0.311. The number of piperazine rings is 1. The monoisotopic (exact) mass is 396 g/mol. The van der Waals surface area contributed by atoms with E-state index in [-0.39, 0.29) is 0 Å². The van der Waals surface area contributed by atoms with Crippen molar-refractivity contribution in [2.45, 2.75) is 6.42 Å². The molecule has 0 unspecified atom stereocenters. The maximum absolute atomic E-state index is 5.46. The number of guanidine groups is 1. The smallest absolute Gasteiger partial charge is 0.231 e. The van der Waals surface area contributed by atoms with Gasteiger partial charge in [-0.1, -0.05) is 12.1 Å². The number of fused-ring (bicyclic) bond motifs is 1. The van der Waals surface area contributed by atoms with Gasteiger partial charge in [-0.25, -0.2) is 0 Å². The molecule has 0 aromatic heterocycles. The Bertz CT molecular complexity index is 863. The van der Waals surface area contributed by atoms with E-state index < -0.39 is 0 Å². The van der Waals surface area contributed by atoms with Gasteiger partial charge in [0.05, 0.1) is 7.11 Å². The summed E-state index contributed by atoms with van der Waals surface area (Å²) < 4.78 is 16.2. The van der Waals surface area contributed by atoms with Crippen molar-refractivity contribution in [3.63, 3.8) is 0 Å². The summed E-state index contributed by atoms with van der Waals surface area (Å²) in [5, 5.41) is 3.49. The van der Waals surface area contributed by atoms with Crippen LogP contribution in [0.5, 0.6) is 17.2 Å². The van der Waals surface area contributed by atoms with Gasteiger partial charge in [-0.2, -0.15) is 0 Å². The fourth-order valence-corrected chi connectivity index (χ4v) is 3.73. The van der Waals surface area contributed by atoms with Crippen LogP contribution in [0.4, 0.5) is 5.69 Å². The van der Waals surface area contributed by atoms with Crippen molar-refractivity contribution in [2.75, 3.05) is 58.6 Å². The molecule has 2 aromatic carbocycles. The number of nitrogens with one attached hydrogen (secondary N) is 1. The summed E-state index contributed by atoms with van der Waals surface area (Å²) in [7, 11) is 3.55. The molecule has 7 nitrogen and oxygen atoms in total. The number of hydrogen-bond acceptors (Lipinski definition) is 5. The molecule has 29 heavy (non-hydrogen) atoms. The second kappa shape index (κ2) is 8.94. The Labute approximate surface area is 171 Å². The molecule has 1 saturated heterocycles. The number of rotatable bonds is 5. The van der Waals surface area contributed by atoms with Crippen LogP contribution in [-0.4, -0.2) is 64.5 Å². The molecule has 2 aliphatic rings. The molecule has 2 aliphatic heterocycles. The standard InChI is InChI=1S/C22H28N4O3/c1-23-22(24-9-8-17-6-7-20-21(14-17)29-16-28-20)26-12-10-25(11-13-26)18-4-3-5-19(15-18)27-2/h3-7,14-15H,8-13,16H2,1-2H3,(H,23,24). The molecule has 0 saturated carbocycles. The van der Waals surface area contributed by atoms with Gasteiger partial charge in [-0.05, 0) is 36.2 Å². The van der Waals surface area contributed by atoms with Crippen LogP contribution in [0, 0.1) is 0 Å². The molecule has 0 spiro atoms. The van der Waals surface area contributed by atoms with Crippen LogP contribution in [0.1, 0.15) is 5.56 Å². The molecule has 0 radical (unpaired) electrons. The van der Waals surface area contributed by atoms with Crippen LogP contribution in [0.2, 0.25) is 0 Å². The molecule has 7 heteroatoms. The van der Waals surface area contributed by atoms with Gasteiger partial charge in [-0.15, -0.1) is 0 Å². The number of methoxy groups -OCH3 is 1.